The smallest absolute Gasteiger partial charge is 0.270 e. The lowest BCUT2D eigenvalue weighted by atomic mass is 10.1. The van der Waals surface area contributed by atoms with Crippen molar-refractivity contribution in [1.82, 2.24) is 15.3 Å². The summed E-state index contributed by atoms with van der Waals surface area (Å²) in [6.07, 6.45) is 5.51. The van der Waals surface area contributed by atoms with Gasteiger partial charge in [-0.05, 0) is 43.9 Å². The van der Waals surface area contributed by atoms with E-state index >= 15 is 0 Å². The van der Waals surface area contributed by atoms with Gasteiger partial charge in [-0.25, -0.2) is 9.97 Å². The number of hydrogen-bond acceptors (Lipinski definition) is 5. The number of amides is 1. The van der Waals surface area contributed by atoms with E-state index in [9.17, 15) is 4.79 Å². The van der Waals surface area contributed by atoms with Crippen LogP contribution in [0.2, 0.25) is 0 Å². The van der Waals surface area contributed by atoms with Crippen molar-refractivity contribution in [2.24, 2.45) is 0 Å². The number of aromatic nitrogens is 2. The van der Waals surface area contributed by atoms with Gasteiger partial charge in [-0.2, -0.15) is 0 Å². The second kappa shape index (κ2) is 9.35. The molecule has 0 spiro atoms. The third kappa shape index (κ3) is 5.18. The van der Waals surface area contributed by atoms with E-state index in [2.05, 4.69) is 20.2 Å². The number of aryl methyl sites for hydroxylation is 1. The van der Waals surface area contributed by atoms with Crippen molar-refractivity contribution in [3.63, 3.8) is 0 Å². The molecule has 6 nitrogen and oxygen atoms in total. The van der Waals surface area contributed by atoms with Crippen LogP contribution >= 0.6 is 0 Å². The molecule has 1 amide bonds. The minimum absolute atomic E-state index is 0.161. The molecule has 0 saturated carbocycles. The molecule has 1 aliphatic rings. The van der Waals surface area contributed by atoms with Gasteiger partial charge in [0, 0.05) is 25.3 Å². The highest BCUT2D eigenvalue weighted by Gasteiger charge is 2.16. The van der Waals surface area contributed by atoms with Gasteiger partial charge in [0.15, 0.2) is 0 Å². The number of ether oxygens (including phenoxy) is 1. The third-order valence-corrected chi connectivity index (χ3v) is 4.84. The first-order valence-electron chi connectivity index (χ1n) is 9.68. The number of carbonyl (C=O) groups is 1. The van der Waals surface area contributed by atoms with Gasteiger partial charge in [0.05, 0.1) is 7.11 Å². The summed E-state index contributed by atoms with van der Waals surface area (Å²) in [5, 5.41) is 2.97. The van der Waals surface area contributed by atoms with E-state index in [4.69, 9.17) is 4.74 Å². The van der Waals surface area contributed by atoms with Crippen LogP contribution in [0.15, 0.2) is 30.3 Å². The molecule has 2 aromatic rings. The van der Waals surface area contributed by atoms with Crippen molar-refractivity contribution in [2.75, 3.05) is 31.6 Å². The molecular weight excluding hydrogens is 340 g/mol. The number of rotatable bonds is 6. The average molecular weight is 368 g/mol. The molecule has 1 aromatic heterocycles. The zero-order valence-corrected chi connectivity index (χ0v) is 16.2. The SMILES string of the molecule is COc1ccccc1CCNC(=O)c1cc(C)nc(N2CCCCCC2)n1. The molecule has 0 atom stereocenters. The Bertz CT molecular complexity index is 771. The average Bonchev–Trinajstić information content (AvgIpc) is 2.97. The van der Waals surface area contributed by atoms with E-state index in [-0.39, 0.29) is 5.91 Å². The molecule has 2 heterocycles. The lowest BCUT2D eigenvalue weighted by Gasteiger charge is -2.21. The van der Waals surface area contributed by atoms with Gasteiger partial charge in [-0.15, -0.1) is 0 Å². The predicted molar refractivity (Wildman–Crippen MR) is 106 cm³/mol. The van der Waals surface area contributed by atoms with Crippen LogP contribution in [0.3, 0.4) is 0 Å². The molecule has 1 fully saturated rings. The fraction of sp³-hybridized carbons (Fsp3) is 0.476. The van der Waals surface area contributed by atoms with Crippen LogP contribution < -0.4 is 15.0 Å². The Morgan fingerprint density at radius 1 is 1.15 bits per heavy atom. The largest absolute Gasteiger partial charge is 0.496 e. The predicted octanol–water partition coefficient (Wildman–Crippen LogP) is 3.15. The Morgan fingerprint density at radius 2 is 1.89 bits per heavy atom. The van der Waals surface area contributed by atoms with Gasteiger partial charge in [-0.1, -0.05) is 31.0 Å². The maximum Gasteiger partial charge on any atom is 0.270 e. The Labute approximate surface area is 161 Å². The van der Waals surface area contributed by atoms with Gasteiger partial charge in [0.2, 0.25) is 5.95 Å². The van der Waals surface area contributed by atoms with Crippen LogP contribution in [-0.4, -0.2) is 42.6 Å². The molecule has 1 aromatic carbocycles. The van der Waals surface area contributed by atoms with Gasteiger partial charge in [-0.3, -0.25) is 4.79 Å². The highest BCUT2D eigenvalue weighted by Crippen LogP contribution is 2.18. The number of methoxy groups -OCH3 is 1. The molecule has 1 N–H and O–H groups in total. The highest BCUT2D eigenvalue weighted by molar-refractivity contribution is 5.92. The number of nitrogens with one attached hydrogen (secondary N) is 1. The van der Waals surface area contributed by atoms with Crippen molar-refractivity contribution < 1.29 is 9.53 Å². The summed E-state index contributed by atoms with van der Waals surface area (Å²) in [6.45, 7) is 4.35. The maximum absolute atomic E-state index is 12.6. The fourth-order valence-electron chi connectivity index (χ4n) is 3.39. The van der Waals surface area contributed by atoms with Crippen LogP contribution in [0.1, 0.15) is 47.4 Å². The van der Waals surface area contributed by atoms with E-state index in [1.807, 2.05) is 31.2 Å². The zero-order chi connectivity index (χ0) is 19.1. The summed E-state index contributed by atoms with van der Waals surface area (Å²) in [6, 6.07) is 9.60. The molecular formula is C21H28N4O2. The second-order valence-corrected chi connectivity index (χ2v) is 6.91. The normalized spacial score (nSPS) is 14.5. The minimum atomic E-state index is -0.161. The first-order valence-corrected chi connectivity index (χ1v) is 9.68. The number of carbonyl (C=O) groups excluding carboxylic acids is 1. The van der Waals surface area contributed by atoms with Gasteiger partial charge in [0.1, 0.15) is 11.4 Å². The lowest BCUT2D eigenvalue weighted by Crippen LogP contribution is -2.30. The summed E-state index contributed by atoms with van der Waals surface area (Å²) in [5.41, 5.74) is 2.32. The molecule has 1 aliphatic heterocycles. The Morgan fingerprint density at radius 3 is 2.63 bits per heavy atom. The number of nitrogens with zero attached hydrogens (tertiary/aromatic N) is 3. The number of benzene rings is 1. The van der Waals surface area contributed by atoms with Crippen molar-refractivity contribution in [3.8, 4) is 5.75 Å². The third-order valence-electron chi connectivity index (χ3n) is 4.84. The lowest BCUT2D eigenvalue weighted by molar-refractivity contribution is 0.0949. The topological polar surface area (TPSA) is 67.3 Å². The monoisotopic (exact) mass is 368 g/mol. The van der Waals surface area contributed by atoms with Crippen molar-refractivity contribution in [3.05, 3.63) is 47.3 Å². The van der Waals surface area contributed by atoms with Crippen LogP contribution in [0.5, 0.6) is 5.75 Å². The number of para-hydroxylation sites is 1. The van der Waals surface area contributed by atoms with Crippen molar-refractivity contribution >= 4 is 11.9 Å². The molecule has 0 aliphatic carbocycles. The summed E-state index contributed by atoms with van der Waals surface area (Å²) >= 11 is 0. The molecule has 0 unspecified atom stereocenters. The minimum Gasteiger partial charge on any atom is -0.496 e. The first-order chi connectivity index (χ1) is 13.2. The van der Waals surface area contributed by atoms with Gasteiger partial charge in [0.25, 0.3) is 5.91 Å². The Hall–Kier alpha value is -2.63. The standard InChI is InChI=1S/C21H28N4O2/c1-16-15-18(24-21(23-16)25-13-7-3-4-8-14-25)20(26)22-12-11-17-9-5-6-10-19(17)27-2/h5-6,9-10,15H,3-4,7-8,11-14H2,1-2H3,(H,22,26). The van der Waals surface area contributed by atoms with Crippen LogP contribution in [0, 0.1) is 6.92 Å². The Balaban J connectivity index is 1.64. The fourth-order valence-corrected chi connectivity index (χ4v) is 3.39. The molecule has 1 saturated heterocycles. The van der Waals surface area contributed by atoms with E-state index in [1.54, 1.807) is 13.2 Å². The van der Waals surface area contributed by atoms with Crippen LogP contribution in [0.4, 0.5) is 5.95 Å². The number of anilines is 1. The molecule has 27 heavy (non-hydrogen) atoms. The van der Waals surface area contributed by atoms with Gasteiger partial charge < -0.3 is 15.0 Å². The molecule has 0 bridgehead atoms. The summed E-state index contributed by atoms with van der Waals surface area (Å²) in [4.78, 5) is 23.9. The van der Waals surface area contributed by atoms with Gasteiger partial charge >= 0.3 is 0 Å². The summed E-state index contributed by atoms with van der Waals surface area (Å²) in [7, 11) is 1.66. The van der Waals surface area contributed by atoms with Crippen LogP contribution in [-0.2, 0) is 6.42 Å². The first kappa shape index (κ1) is 19.1. The highest BCUT2D eigenvalue weighted by atomic mass is 16.5. The molecule has 144 valence electrons. The number of hydrogen-bond donors (Lipinski definition) is 1. The summed E-state index contributed by atoms with van der Waals surface area (Å²) in [5.74, 6) is 1.35. The zero-order valence-electron chi connectivity index (χ0n) is 16.2. The Kier molecular flexibility index (Phi) is 6.63. The molecule has 0 radical (unpaired) electrons. The second-order valence-electron chi connectivity index (χ2n) is 6.91. The van der Waals surface area contributed by atoms with Crippen molar-refractivity contribution in [1.29, 1.82) is 0 Å². The summed E-state index contributed by atoms with van der Waals surface area (Å²) < 4.78 is 5.36. The van der Waals surface area contributed by atoms with E-state index in [0.29, 0.717) is 24.6 Å². The molecule has 3 rings (SSSR count). The quantitative estimate of drug-likeness (QED) is 0.848. The van der Waals surface area contributed by atoms with Crippen molar-refractivity contribution in [2.45, 2.75) is 39.0 Å². The molecule has 6 heteroatoms. The van der Waals surface area contributed by atoms with Crippen LogP contribution in [0.25, 0.3) is 0 Å². The van der Waals surface area contributed by atoms with E-state index in [1.165, 1.54) is 12.8 Å². The van der Waals surface area contributed by atoms with E-state index in [0.717, 1.165) is 42.9 Å². The van der Waals surface area contributed by atoms with E-state index < -0.39 is 0 Å². The maximum atomic E-state index is 12.6.